The van der Waals surface area contributed by atoms with Crippen LogP contribution in [0.4, 0.5) is 20.6 Å². The van der Waals surface area contributed by atoms with Crippen LogP contribution in [-0.2, 0) is 0 Å². The Bertz CT molecular complexity index is 336. The standard InChI is InChI=1S/C7H5FN2O3/c8-7(11)9-5-1-3-6(4-2-5)10(12)13/h1-4H,(H,9,11). The molecule has 0 aromatic heterocycles. The van der Waals surface area contributed by atoms with E-state index < -0.39 is 11.1 Å². The van der Waals surface area contributed by atoms with Gasteiger partial charge in [-0.2, -0.15) is 0 Å². The highest BCUT2D eigenvalue weighted by atomic mass is 19.1. The van der Waals surface area contributed by atoms with E-state index in [1.54, 1.807) is 0 Å². The van der Waals surface area contributed by atoms with Crippen LogP contribution in [0.3, 0.4) is 0 Å². The van der Waals surface area contributed by atoms with Gasteiger partial charge in [-0.3, -0.25) is 15.4 Å². The maximum Gasteiger partial charge on any atom is 0.401 e. The summed E-state index contributed by atoms with van der Waals surface area (Å²) in [7, 11) is 0. The van der Waals surface area contributed by atoms with E-state index >= 15 is 0 Å². The number of benzene rings is 1. The van der Waals surface area contributed by atoms with Gasteiger partial charge in [0, 0.05) is 17.8 Å². The van der Waals surface area contributed by atoms with Crippen molar-refractivity contribution in [2.75, 3.05) is 5.32 Å². The lowest BCUT2D eigenvalue weighted by Crippen LogP contribution is -2.01. The molecule has 1 amide bonds. The largest absolute Gasteiger partial charge is 0.401 e. The van der Waals surface area contributed by atoms with E-state index in [2.05, 4.69) is 0 Å². The summed E-state index contributed by atoms with van der Waals surface area (Å²) >= 11 is 0. The molecule has 0 aliphatic carbocycles. The first-order chi connectivity index (χ1) is 6.09. The number of carbonyl (C=O) groups is 1. The number of carbonyl (C=O) groups excluding carboxylic acids is 1. The van der Waals surface area contributed by atoms with Crippen LogP contribution in [0.2, 0.25) is 0 Å². The van der Waals surface area contributed by atoms with Crippen LogP contribution in [0.15, 0.2) is 24.3 Å². The molecule has 0 unspecified atom stereocenters. The third-order valence-electron chi connectivity index (χ3n) is 1.32. The summed E-state index contributed by atoms with van der Waals surface area (Å²) < 4.78 is 11.8. The molecule has 13 heavy (non-hydrogen) atoms. The molecular weight excluding hydrogens is 179 g/mol. The molecule has 1 aromatic rings. The predicted molar refractivity (Wildman–Crippen MR) is 43.2 cm³/mol. The monoisotopic (exact) mass is 184 g/mol. The maximum absolute atomic E-state index is 11.8. The van der Waals surface area contributed by atoms with E-state index in [1.165, 1.54) is 24.3 Å². The number of hydrogen-bond acceptors (Lipinski definition) is 3. The number of nitrogens with zero attached hydrogens (tertiary/aromatic N) is 1. The van der Waals surface area contributed by atoms with Crippen LogP contribution in [0.5, 0.6) is 0 Å². The zero-order valence-corrected chi connectivity index (χ0v) is 6.36. The Morgan fingerprint density at radius 1 is 1.38 bits per heavy atom. The van der Waals surface area contributed by atoms with Crippen LogP contribution in [0.25, 0.3) is 0 Å². The number of nitro benzene ring substituents is 1. The van der Waals surface area contributed by atoms with Crippen molar-refractivity contribution in [3.05, 3.63) is 34.4 Å². The molecule has 1 rings (SSSR count). The van der Waals surface area contributed by atoms with E-state index in [-0.39, 0.29) is 11.4 Å². The summed E-state index contributed by atoms with van der Waals surface area (Å²) in [5.74, 6) is 0. The summed E-state index contributed by atoms with van der Waals surface area (Å²) in [5.41, 5.74) is 0.0648. The number of rotatable bonds is 2. The predicted octanol–water partition coefficient (Wildman–Crippen LogP) is 2.10. The van der Waals surface area contributed by atoms with E-state index in [0.29, 0.717) is 0 Å². The summed E-state index contributed by atoms with van der Waals surface area (Å²) in [6, 6.07) is 4.84. The molecule has 0 atom stereocenters. The van der Waals surface area contributed by atoms with Crippen LogP contribution in [0, 0.1) is 10.1 Å². The topological polar surface area (TPSA) is 72.2 Å². The second kappa shape index (κ2) is 3.61. The molecule has 0 aliphatic heterocycles. The minimum Gasteiger partial charge on any atom is -0.298 e. The van der Waals surface area contributed by atoms with Crippen molar-refractivity contribution in [1.82, 2.24) is 0 Å². The van der Waals surface area contributed by atoms with Crippen molar-refractivity contribution in [2.45, 2.75) is 0 Å². The van der Waals surface area contributed by atoms with Gasteiger partial charge in [-0.05, 0) is 12.1 Å². The number of amides is 1. The van der Waals surface area contributed by atoms with E-state index in [9.17, 15) is 19.3 Å². The quantitative estimate of drug-likeness (QED) is 0.331. The molecule has 0 radical (unpaired) electrons. The van der Waals surface area contributed by atoms with Gasteiger partial charge in [0.1, 0.15) is 0 Å². The van der Waals surface area contributed by atoms with E-state index in [4.69, 9.17) is 0 Å². The minimum atomic E-state index is -1.70. The third-order valence-corrected chi connectivity index (χ3v) is 1.32. The molecule has 0 heterocycles. The number of nitro groups is 1. The van der Waals surface area contributed by atoms with Gasteiger partial charge < -0.3 is 0 Å². The van der Waals surface area contributed by atoms with Crippen LogP contribution in [0.1, 0.15) is 0 Å². The molecule has 0 bridgehead atoms. The van der Waals surface area contributed by atoms with Crippen molar-refractivity contribution < 1.29 is 14.1 Å². The van der Waals surface area contributed by atoms with Gasteiger partial charge in [0.05, 0.1) is 4.92 Å². The minimum absolute atomic E-state index is 0.114. The van der Waals surface area contributed by atoms with Gasteiger partial charge in [-0.1, -0.05) is 0 Å². The van der Waals surface area contributed by atoms with Crippen LogP contribution < -0.4 is 5.32 Å². The van der Waals surface area contributed by atoms with Gasteiger partial charge in [0.2, 0.25) is 0 Å². The Labute approximate surface area is 72.3 Å². The molecule has 0 saturated carbocycles. The fourth-order valence-electron chi connectivity index (χ4n) is 0.780. The average Bonchev–Trinajstić information content (AvgIpc) is 2.04. The lowest BCUT2D eigenvalue weighted by Gasteiger charge is -1.97. The highest BCUT2D eigenvalue weighted by Crippen LogP contribution is 2.15. The molecule has 0 fully saturated rings. The van der Waals surface area contributed by atoms with Crippen molar-refractivity contribution in [2.24, 2.45) is 0 Å². The molecule has 68 valence electrons. The number of hydrogen-bond donors (Lipinski definition) is 1. The van der Waals surface area contributed by atoms with Crippen molar-refractivity contribution >= 4 is 17.5 Å². The summed E-state index contributed by atoms with van der Waals surface area (Å²) in [6.07, 6.45) is -1.70. The molecule has 1 aromatic carbocycles. The maximum atomic E-state index is 11.8. The Kier molecular flexibility index (Phi) is 2.53. The highest BCUT2D eigenvalue weighted by molar-refractivity contribution is 5.83. The van der Waals surface area contributed by atoms with Gasteiger partial charge in [0.15, 0.2) is 0 Å². The Morgan fingerprint density at radius 3 is 2.31 bits per heavy atom. The molecule has 0 saturated heterocycles. The van der Waals surface area contributed by atoms with Gasteiger partial charge in [-0.25, -0.2) is 4.79 Å². The summed E-state index contributed by atoms with van der Waals surface area (Å²) in [6.45, 7) is 0. The number of anilines is 1. The number of non-ortho nitro benzene ring substituents is 1. The lowest BCUT2D eigenvalue weighted by molar-refractivity contribution is -0.384. The first-order valence-electron chi connectivity index (χ1n) is 3.30. The molecule has 1 N–H and O–H groups in total. The second-order valence-electron chi connectivity index (χ2n) is 2.20. The fourth-order valence-corrected chi connectivity index (χ4v) is 0.780. The van der Waals surface area contributed by atoms with Crippen molar-refractivity contribution in [1.29, 1.82) is 0 Å². The zero-order chi connectivity index (χ0) is 9.84. The lowest BCUT2D eigenvalue weighted by atomic mass is 10.3. The van der Waals surface area contributed by atoms with E-state index in [0.717, 1.165) is 0 Å². The number of halogens is 1. The van der Waals surface area contributed by atoms with Gasteiger partial charge in [0.25, 0.3) is 5.69 Å². The van der Waals surface area contributed by atoms with E-state index in [1.807, 2.05) is 5.32 Å². The number of nitrogens with one attached hydrogen (secondary N) is 1. The summed E-state index contributed by atoms with van der Waals surface area (Å²) in [5, 5.41) is 12.0. The van der Waals surface area contributed by atoms with Gasteiger partial charge in [-0.15, -0.1) is 4.39 Å². The average molecular weight is 184 g/mol. The second-order valence-corrected chi connectivity index (χ2v) is 2.20. The van der Waals surface area contributed by atoms with Crippen LogP contribution >= 0.6 is 0 Å². The molecule has 0 spiro atoms. The highest BCUT2D eigenvalue weighted by Gasteiger charge is 2.04. The summed E-state index contributed by atoms with van der Waals surface area (Å²) in [4.78, 5) is 19.5. The fraction of sp³-hybridized carbons (Fsp3) is 0. The molecule has 5 nitrogen and oxygen atoms in total. The SMILES string of the molecule is O=C(F)Nc1ccc([N+](=O)[O-])cc1. The van der Waals surface area contributed by atoms with Gasteiger partial charge >= 0.3 is 6.16 Å². The molecule has 0 aliphatic rings. The Balaban J connectivity index is 2.81. The molecular formula is C7H5FN2O3. The zero-order valence-electron chi connectivity index (χ0n) is 6.36. The first-order valence-corrected chi connectivity index (χ1v) is 3.30. The van der Waals surface area contributed by atoms with Crippen LogP contribution in [-0.4, -0.2) is 11.1 Å². The Morgan fingerprint density at radius 2 is 1.92 bits per heavy atom. The smallest absolute Gasteiger partial charge is 0.298 e. The normalized spacial score (nSPS) is 9.31. The Hall–Kier alpha value is -1.98. The first kappa shape index (κ1) is 9.11. The molecule has 6 heteroatoms. The van der Waals surface area contributed by atoms with Crippen molar-refractivity contribution in [3.63, 3.8) is 0 Å². The van der Waals surface area contributed by atoms with Crippen molar-refractivity contribution in [3.8, 4) is 0 Å². The third kappa shape index (κ3) is 2.51.